The van der Waals surface area contributed by atoms with Gasteiger partial charge in [-0.15, -0.1) is 0 Å². The molecule has 0 bridgehead atoms. The lowest BCUT2D eigenvalue weighted by molar-refractivity contribution is 0.102. The van der Waals surface area contributed by atoms with Crippen LogP contribution in [0, 0.1) is 5.82 Å². The van der Waals surface area contributed by atoms with Crippen molar-refractivity contribution in [2.75, 3.05) is 10.6 Å². The van der Waals surface area contributed by atoms with E-state index in [9.17, 15) is 9.18 Å². The van der Waals surface area contributed by atoms with E-state index >= 15 is 0 Å². The molecule has 0 aliphatic rings. The molecule has 0 unspecified atom stereocenters. The van der Waals surface area contributed by atoms with Crippen molar-refractivity contribution >= 4 is 23.0 Å². The van der Waals surface area contributed by atoms with Crippen LogP contribution >= 0.6 is 0 Å². The number of carbonyl (C=O) groups is 1. The highest BCUT2D eigenvalue weighted by Crippen LogP contribution is 2.16. The Balaban J connectivity index is 1.69. The van der Waals surface area contributed by atoms with Crippen LogP contribution in [0.4, 0.5) is 21.5 Å². The first-order chi connectivity index (χ1) is 11.2. The first kappa shape index (κ1) is 14.7. The van der Waals surface area contributed by atoms with Gasteiger partial charge in [0.1, 0.15) is 11.5 Å². The molecule has 114 valence electrons. The topological polar surface area (TPSA) is 54.0 Å². The standard InChI is InChI=1S/C18H14FN3O/c19-15-8-4-5-9-16(15)22-18(23)17-11-10-14(12-20-17)21-13-6-2-1-3-7-13/h1-12,21H,(H,22,23). The van der Waals surface area contributed by atoms with E-state index in [-0.39, 0.29) is 11.4 Å². The Hall–Kier alpha value is -3.21. The number of para-hydroxylation sites is 2. The second-order valence-corrected chi connectivity index (χ2v) is 4.86. The number of carbonyl (C=O) groups excluding carboxylic acids is 1. The maximum absolute atomic E-state index is 13.5. The molecule has 2 aromatic carbocycles. The Morgan fingerprint density at radius 1 is 0.870 bits per heavy atom. The molecular weight excluding hydrogens is 293 g/mol. The largest absolute Gasteiger partial charge is 0.354 e. The average Bonchev–Trinajstić information content (AvgIpc) is 2.58. The van der Waals surface area contributed by atoms with Crippen LogP contribution in [0.5, 0.6) is 0 Å². The van der Waals surface area contributed by atoms with Crippen molar-refractivity contribution < 1.29 is 9.18 Å². The summed E-state index contributed by atoms with van der Waals surface area (Å²) in [5.74, 6) is -0.940. The lowest BCUT2D eigenvalue weighted by Crippen LogP contribution is -2.14. The van der Waals surface area contributed by atoms with Crippen molar-refractivity contribution in [1.29, 1.82) is 0 Å². The minimum absolute atomic E-state index is 0.130. The smallest absolute Gasteiger partial charge is 0.274 e. The van der Waals surface area contributed by atoms with Crippen LogP contribution < -0.4 is 10.6 Å². The molecule has 3 rings (SSSR count). The third-order valence-electron chi connectivity index (χ3n) is 3.18. The lowest BCUT2D eigenvalue weighted by Gasteiger charge is -2.08. The number of amides is 1. The fraction of sp³-hybridized carbons (Fsp3) is 0. The van der Waals surface area contributed by atoms with Crippen LogP contribution in [0.2, 0.25) is 0 Å². The molecule has 0 spiro atoms. The second-order valence-electron chi connectivity index (χ2n) is 4.86. The van der Waals surface area contributed by atoms with E-state index < -0.39 is 11.7 Å². The van der Waals surface area contributed by atoms with Crippen LogP contribution in [-0.4, -0.2) is 10.9 Å². The summed E-state index contributed by atoms with van der Waals surface area (Å²) in [6.07, 6.45) is 1.56. The molecule has 2 N–H and O–H groups in total. The van der Waals surface area contributed by atoms with Crippen molar-refractivity contribution in [3.8, 4) is 0 Å². The summed E-state index contributed by atoms with van der Waals surface area (Å²) >= 11 is 0. The third kappa shape index (κ3) is 3.71. The molecule has 1 amide bonds. The molecule has 5 heteroatoms. The van der Waals surface area contributed by atoms with Gasteiger partial charge in [0.25, 0.3) is 5.91 Å². The first-order valence-corrected chi connectivity index (χ1v) is 7.06. The van der Waals surface area contributed by atoms with Gasteiger partial charge in [0.05, 0.1) is 17.6 Å². The predicted molar refractivity (Wildman–Crippen MR) is 88.3 cm³/mol. The molecule has 0 aliphatic heterocycles. The summed E-state index contributed by atoms with van der Waals surface area (Å²) in [6, 6.07) is 19.0. The molecule has 4 nitrogen and oxygen atoms in total. The van der Waals surface area contributed by atoms with Gasteiger partial charge in [-0.05, 0) is 36.4 Å². The van der Waals surface area contributed by atoms with Crippen molar-refractivity contribution in [3.63, 3.8) is 0 Å². The number of hydrogen-bond acceptors (Lipinski definition) is 3. The zero-order valence-electron chi connectivity index (χ0n) is 12.2. The van der Waals surface area contributed by atoms with Gasteiger partial charge >= 0.3 is 0 Å². The molecule has 0 atom stereocenters. The van der Waals surface area contributed by atoms with Gasteiger partial charge in [-0.2, -0.15) is 0 Å². The molecule has 1 aromatic heterocycles. The van der Waals surface area contributed by atoms with E-state index in [0.29, 0.717) is 0 Å². The highest BCUT2D eigenvalue weighted by atomic mass is 19.1. The number of halogens is 1. The predicted octanol–water partition coefficient (Wildman–Crippen LogP) is 4.22. The summed E-state index contributed by atoms with van der Waals surface area (Å²) in [5, 5.41) is 5.67. The Bertz CT molecular complexity index is 804. The van der Waals surface area contributed by atoms with Gasteiger partial charge in [0, 0.05) is 5.69 Å². The third-order valence-corrected chi connectivity index (χ3v) is 3.18. The minimum atomic E-state index is -0.483. The van der Waals surface area contributed by atoms with E-state index in [1.807, 2.05) is 30.3 Å². The Morgan fingerprint density at radius 2 is 1.61 bits per heavy atom. The maximum Gasteiger partial charge on any atom is 0.274 e. The summed E-state index contributed by atoms with van der Waals surface area (Å²) in [4.78, 5) is 16.2. The Labute approximate surface area is 133 Å². The fourth-order valence-corrected chi connectivity index (χ4v) is 2.04. The number of aromatic nitrogens is 1. The van der Waals surface area contributed by atoms with Gasteiger partial charge in [-0.3, -0.25) is 4.79 Å². The molecule has 23 heavy (non-hydrogen) atoms. The number of rotatable bonds is 4. The van der Waals surface area contributed by atoms with Gasteiger partial charge in [0.2, 0.25) is 0 Å². The molecule has 3 aromatic rings. The van der Waals surface area contributed by atoms with Gasteiger partial charge in [0.15, 0.2) is 0 Å². The van der Waals surface area contributed by atoms with Crippen molar-refractivity contribution in [2.24, 2.45) is 0 Å². The molecule has 0 fully saturated rings. The SMILES string of the molecule is O=C(Nc1ccccc1F)c1ccc(Nc2ccccc2)cn1. The number of hydrogen-bond donors (Lipinski definition) is 2. The van der Waals surface area contributed by atoms with Crippen LogP contribution in [0.15, 0.2) is 72.9 Å². The molecule has 0 aliphatic carbocycles. The van der Waals surface area contributed by atoms with Crippen molar-refractivity contribution in [1.82, 2.24) is 4.98 Å². The average molecular weight is 307 g/mol. The molecule has 0 saturated carbocycles. The number of nitrogens with zero attached hydrogens (tertiary/aromatic N) is 1. The van der Waals surface area contributed by atoms with Crippen LogP contribution in [0.25, 0.3) is 0 Å². The molecule has 0 radical (unpaired) electrons. The highest BCUT2D eigenvalue weighted by molar-refractivity contribution is 6.03. The summed E-state index contributed by atoms with van der Waals surface area (Å²) in [7, 11) is 0. The second kappa shape index (κ2) is 6.70. The fourth-order valence-electron chi connectivity index (χ4n) is 2.04. The quantitative estimate of drug-likeness (QED) is 0.759. The molecular formula is C18H14FN3O. The molecule has 0 saturated heterocycles. The van der Waals surface area contributed by atoms with Crippen LogP contribution in [0.1, 0.15) is 10.5 Å². The highest BCUT2D eigenvalue weighted by Gasteiger charge is 2.10. The van der Waals surface area contributed by atoms with E-state index in [2.05, 4.69) is 15.6 Å². The van der Waals surface area contributed by atoms with E-state index in [4.69, 9.17) is 0 Å². The van der Waals surface area contributed by atoms with Crippen LogP contribution in [-0.2, 0) is 0 Å². The van der Waals surface area contributed by atoms with Gasteiger partial charge in [-0.1, -0.05) is 30.3 Å². The van der Waals surface area contributed by atoms with E-state index in [1.54, 1.807) is 30.5 Å². The van der Waals surface area contributed by atoms with Gasteiger partial charge < -0.3 is 10.6 Å². The maximum atomic E-state index is 13.5. The summed E-state index contributed by atoms with van der Waals surface area (Å²) in [6.45, 7) is 0. The van der Waals surface area contributed by atoms with Gasteiger partial charge in [-0.25, -0.2) is 9.37 Å². The monoisotopic (exact) mass is 307 g/mol. The normalized spacial score (nSPS) is 10.1. The number of nitrogens with one attached hydrogen (secondary N) is 2. The lowest BCUT2D eigenvalue weighted by atomic mass is 10.2. The zero-order valence-corrected chi connectivity index (χ0v) is 12.2. The molecule has 1 heterocycles. The minimum Gasteiger partial charge on any atom is -0.354 e. The van der Waals surface area contributed by atoms with Crippen molar-refractivity contribution in [3.05, 3.63) is 84.4 Å². The number of benzene rings is 2. The van der Waals surface area contributed by atoms with Crippen molar-refractivity contribution in [2.45, 2.75) is 0 Å². The Morgan fingerprint density at radius 3 is 2.30 bits per heavy atom. The zero-order chi connectivity index (χ0) is 16.1. The number of pyridine rings is 1. The summed E-state index contributed by atoms with van der Waals surface area (Å²) in [5.41, 5.74) is 2.04. The summed E-state index contributed by atoms with van der Waals surface area (Å²) < 4.78 is 13.5. The Kier molecular flexibility index (Phi) is 4.29. The van der Waals surface area contributed by atoms with E-state index in [0.717, 1.165) is 11.4 Å². The van der Waals surface area contributed by atoms with E-state index in [1.165, 1.54) is 12.1 Å². The first-order valence-electron chi connectivity index (χ1n) is 7.06. The van der Waals surface area contributed by atoms with Crippen LogP contribution in [0.3, 0.4) is 0 Å². The number of anilines is 3.